The summed E-state index contributed by atoms with van der Waals surface area (Å²) in [5.74, 6) is -2.93. The van der Waals surface area contributed by atoms with Crippen molar-refractivity contribution in [3.8, 4) is 0 Å². The molecule has 0 aromatic heterocycles. The molecule has 0 radical (unpaired) electrons. The molecular formula is C51H70O14. The van der Waals surface area contributed by atoms with E-state index in [0.717, 1.165) is 38.5 Å². The molecule has 14 heteroatoms. The Labute approximate surface area is 382 Å². The van der Waals surface area contributed by atoms with Crippen molar-refractivity contribution in [2.24, 2.45) is 50.2 Å². The monoisotopic (exact) mass is 906 g/mol. The summed E-state index contributed by atoms with van der Waals surface area (Å²) in [6, 6.07) is 0. The van der Waals surface area contributed by atoms with Gasteiger partial charge in [-0.1, -0.05) is 81.6 Å². The van der Waals surface area contributed by atoms with Crippen LogP contribution in [0.2, 0.25) is 0 Å². The van der Waals surface area contributed by atoms with Crippen LogP contribution in [0.3, 0.4) is 0 Å². The Kier molecular flexibility index (Phi) is 10.8. The molecule has 9 rings (SSSR count). The molecule has 0 aromatic rings. The van der Waals surface area contributed by atoms with Gasteiger partial charge in [0.1, 0.15) is 31.0 Å². The second-order valence-corrected chi connectivity index (χ2v) is 23.7. The third kappa shape index (κ3) is 6.44. The zero-order valence-electron chi connectivity index (χ0n) is 40.3. The Morgan fingerprint density at radius 2 is 1.22 bits per heavy atom. The molecule has 15 atom stereocenters. The summed E-state index contributed by atoms with van der Waals surface area (Å²) >= 11 is 0. The molecule has 0 aromatic carbocycles. The Hall–Kier alpha value is -3.43. The van der Waals surface area contributed by atoms with Gasteiger partial charge < -0.3 is 43.0 Å². The summed E-state index contributed by atoms with van der Waals surface area (Å²) in [5.41, 5.74) is -5.56. The van der Waals surface area contributed by atoms with Crippen LogP contribution in [0.25, 0.3) is 0 Å². The minimum Gasteiger partial charge on any atom is -0.459 e. The number of ether oxygens (including phenoxy) is 8. The molecule has 3 aliphatic heterocycles. The van der Waals surface area contributed by atoms with Crippen LogP contribution in [-0.4, -0.2) is 96.4 Å². The summed E-state index contributed by atoms with van der Waals surface area (Å²) in [5, 5.41) is 13.0. The molecule has 0 unspecified atom stereocenters. The number of hydrogen-bond acceptors (Lipinski definition) is 14. The van der Waals surface area contributed by atoms with Gasteiger partial charge in [0.05, 0.1) is 0 Å². The number of aldehydes is 1. The lowest BCUT2D eigenvalue weighted by Crippen LogP contribution is -2.67. The average molecular weight is 907 g/mol. The van der Waals surface area contributed by atoms with Crippen LogP contribution in [-0.2, 0) is 61.9 Å². The van der Waals surface area contributed by atoms with Crippen molar-refractivity contribution in [1.82, 2.24) is 0 Å². The van der Waals surface area contributed by atoms with Gasteiger partial charge >= 0.3 is 23.9 Å². The van der Waals surface area contributed by atoms with Gasteiger partial charge in [0.2, 0.25) is 0 Å². The zero-order valence-corrected chi connectivity index (χ0v) is 40.3. The highest BCUT2D eigenvalue weighted by atomic mass is 16.9. The van der Waals surface area contributed by atoms with Gasteiger partial charge in [0, 0.05) is 77.1 Å². The highest BCUT2D eigenvalue weighted by Crippen LogP contribution is 2.71. The zero-order chi connectivity index (χ0) is 47.2. The van der Waals surface area contributed by atoms with E-state index in [-0.39, 0.29) is 34.8 Å². The first-order valence-corrected chi connectivity index (χ1v) is 23.9. The molecule has 1 N–H and O–H groups in total. The van der Waals surface area contributed by atoms with Gasteiger partial charge in [-0.05, 0) is 66.9 Å². The lowest BCUT2D eigenvalue weighted by Gasteiger charge is -2.61. The topological polar surface area (TPSA) is 179 Å². The molecule has 1 spiro atoms. The second-order valence-electron chi connectivity index (χ2n) is 23.7. The first kappa shape index (κ1) is 46.7. The van der Waals surface area contributed by atoms with Crippen molar-refractivity contribution < 1.29 is 67.0 Å². The highest BCUT2D eigenvalue weighted by molar-refractivity contribution is 5.94. The van der Waals surface area contributed by atoms with Crippen LogP contribution in [0.5, 0.6) is 0 Å². The molecule has 14 nitrogen and oxygen atoms in total. The van der Waals surface area contributed by atoms with E-state index in [1.807, 2.05) is 13.0 Å². The lowest BCUT2D eigenvalue weighted by molar-refractivity contribution is -0.243. The molecule has 9 aliphatic rings. The van der Waals surface area contributed by atoms with Gasteiger partial charge in [0.25, 0.3) is 0 Å². The SMILES string of the molecule is CC(=O)O[C@@H]1[C@@H](O[C@H]2O[C@@H]3O[C@H](C4=C[C@@H](OC(C)=O)[C@H]5C(C)(C)CCC[C@]5(C)[C@@]4(O)C=O)O[C@@]34C2=C[C@@H](OC(C)=O)[C@H]2C(C)(C)CCC[C@@]24C)C2=C(C(=O)OC2)[C@@]2(C)CCCC(C)(C)[C@H]12. The molecule has 0 bridgehead atoms. The van der Waals surface area contributed by atoms with E-state index < -0.39 is 106 Å². The van der Waals surface area contributed by atoms with Crippen LogP contribution in [0, 0.1) is 50.2 Å². The maximum absolute atomic E-state index is 13.8. The normalized spacial score (nSPS) is 46.4. The average Bonchev–Trinajstić information content (AvgIpc) is 3.83. The molecule has 5 fully saturated rings. The van der Waals surface area contributed by atoms with E-state index in [9.17, 15) is 29.1 Å². The minimum atomic E-state index is -2.09. The van der Waals surface area contributed by atoms with Crippen LogP contribution in [0.1, 0.15) is 141 Å². The molecule has 6 aliphatic carbocycles. The Balaban J connectivity index is 1.21. The third-order valence-electron chi connectivity index (χ3n) is 18.5. The molecule has 3 heterocycles. The lowest BCUT2D eigenvalue weighted by atomic mass is 9.46. The van der Waals surface area contributed by atoms with Crippen molar-refractivity contribution in [3.63, 3.8) is 0 Å². The van der Waals surface area contributed by atoms with Gasteiger partial charge in [-0.15, -0.1) is 0 Å². The first-order valence-electron chi connectivity index (χ1n) is 23.9. The fraction of sp³-hybridized carbons (Fsp3) is 0.784. The summed E-state index contributed by atoms with van der Waals surface area (Å²) in [6.07, 6.45) is 3.64. The van der Waals surface area contributed by atoms with E-state index >= 15 is 0 Å². The Bertz CT molecular complexity index is 2170. The predicted molar refractivity (Wildman–Crippen MR) is 232 cm³/mol. The largest absolute Gasteiger partial charge is 0.459 e. The summed E-state index contributed by atoms with van der Waals surface area (Å²) in [4.78, 5) is 66.4. The number of rotatable bonds is 7. The number of carbonyl (C=O) groups excluding carboxylic acids is 5. The highest BCUT2D eigenvalue weighted by Gasteiger charge is 2.78. The number of cyclic esters (lactones) is 1. The van der Waals surface area contributed by atoms with Gasteiger partial charge in [-0.2, -0.15) is 0 Å². The van der Waals surface area contributed by atoms with E-state index in [4.69, 9.17) is 37.9 Å². The van der Waals surface area contributed by atoms with Crippen LogP contribution in [0.4, 0.5) is 0 Å². The molecule has 65 heavy (non-hydrogen) atoms. The fourth-order valence-electron chi connectivity index (χ4n) is 16.4. The second kappa shape index (κ2) is 15.0. The standard InChI is InChI=1S/C51H70O14/c1-26(53)59-32-22-30(50(57,25-52)48(11)20-14-17-44(4,5)37(32)48)42-64-43-51(65-42)31(23-33(60-27(2)54)38-45(6,7)18-15-21-49(38,51)12)41(63-43)62-35-29-24-58-40(56)34(29)47(10)19-13-16-46(8,9)39(47)36(35)61-28(3)55/h22-23,25,32-33,35-39,41-43,57H,13-21,24H2,1-12H3/t32-,33-,35+,36-,37+,38+,39+,41+,42+,43-,47-,48+,49+,50-,51+/m1/s1. The third-order valence-corrected chi connectivity index (χ3v) is 18.5. The van der Waals surface area contributed by atoms with Gasteiger partial charge in [-0.3, -0.25) is 19.2 Å². The Morgan fingerprint density at radius 3 is 1.78 bits per heavy atom. The van der Waals surface area contributed by atoms with E-state index in [1.54, 1.807) is 6.08 Å². The van der Waals surface area contributed by atoms with Crippen LogP contribution in [0.15, 0.2) is 34.4 Å². The first-order chi connectivity index (χ1) is 30.2. The molecule has 0 amide bonds. The van der Waals surface area contributed by atoms with E-state index in [1.165, 1.54) is 20.8 Å². The number of fused-ring (bicyclic) bond motifs is 4. The van der Waals surface area contributed by atoms with Crippen molar-refractivity contribution in [2.75, 3.05) is 6.61 Å². The van der Waals surface area contributed by atoms with Crippen molar-refractivity contribution in [3.05, 3.63) is 34.4 Å². The van der Waals surface area contributed by atoms with Crippen molar-refractivity contribution in [1.29, 1.82) is 0 Å². The smallest absolute Gasteiger partial charge is 0.335 e. The van der Waals surface area contributed by atoms with E-state index in [0.29, 0.717) is 42.3 Å². The quantitative estimate of drug-likeness (QED) is 0.118. The Morgan fingerprint density at radius 1 is 0.692 bits per heavy atom. The number of hydrogen-bond donors (Lipinski definition) is 1. The fourth-order valence-corrected chi connectivity index (χ4v) is 16.4. The number of carbonyl (C=O) groups is 5. The predicted octanol–water partition coefficient (Wildman–Crippen LogP) is 7.14. The summed E-state index contributed by atoms with van der Waals surface area (Å²) in [6.45, 7) is 22.9. The molecule has 358 valence electrons. The van der Waals surface area contributed by atoms with Crippen molar-refractivity contribution >= 4 is 30.2 Å². The van der Waals surface area contributed by atoms with Crippen LogP contribution >= 0.6 is 0 Å². The minimum absolute atomic E-state index is 0.0443. The summed E-state index contributed by atoms with van der Waals surface area (Å²) < 4.78 is 53.2. The van der Waals surface area contributed by atoms with Gasteiger partial charge in [0.15, 0.2) is 36.4 Å². The summed E-state index contributed by atoms with van der Waals surface area (Å²) in [7, 11) is 0. The maximum Gasteiger partial charge on any atom is 0.335 e. The number of aliphatic hydroxyl groups is 1. The maximum atomic E-state index is 13.8. The van der Waals surface area contributed by atoms with Crippen LogP contribution < -0.4 is 0 Å². The molecule has 3 saturated carbocycles. The molecular weight excluding hydrogens is 837 g/mol. The molecule has 2 saturated heterocycles. The van der Waals surface area contributed by atoms with Gasteiger partial charge in [-0.25, -0.2) is 4.79 Å². The number of esters is 4. The van der Waals surface area contributed by atoms with E-state index in [2.05, 4.69) is 55.4 Å². The van der Waals surface area contributed by atoms with Crippen molar-refractivity contribution in [2.45, 2.75) is 195 Å².